The van der Waals surface area contributed by atoms with E-state index in [9.17, 15) is 4.79 Å². The Hall–Kier alpha value is -1.75. The molecule has 0 radical (unpaired) electrons. The summed E-state index contributed by atoms with van der Waals surface area (Å²) in [5.74, 6) is 0.906. The van der Waals surface area contributed by atoms with E-state index in [0.717, 1.165) is 16.6 Å². The predicted molar refractivity (Wildman–Crippen MR) is 85.6 cm³/mol. The van der Waals surface area contributed by atoms with E-state index < -0.39 is 0 Å². The molecule has 0 bridgehead atoms. The zero-order valence-corrected chi connectivity index (χ0v) is 13.9. The van der Waals surface area contributed by atoms with Crippen LogP contribution in [0.3, 0.4) is 0 Å². The summed E-state index contributed by atoms with van der Waals surface area (Å²) < 4.78 is 11.4. The molecule has 0 unspecified atom stereocenters. The molecule has 0 aliphatic heterocycles. The number of hydrogen-bond donors (Lipinski definition) is 1. The third-order valence-electron chi connectivity index (χ3n) is 3.28. The van der Waals surface area contributed by atoms with E-state index in [-0.39, 0.29) is 5.97 Å². The van der Waals surface area contributed by atoms with Gasteiger partial charge in [0.15, 0.2) is 0 Å². The lowest BCUT2D eigenvalue weighted by Gasteiger charge is -2.10. The van der Waals surface area contributed by atoms with E-state index >= 15 is 0 Å². The normalized spacial score (nSPS) is 10.5. The van der Waals surface area contributed by atoms with Crippen LogP contribution in [0, 0.1) is 6.92 Å². The van der Waals surface area contributed by atoms with Gasteiger partial charge in [-0.3, -0.25) is 0 Å². The fourth-order valence-electron chi connectivity index (χ4n) is 2.15. The molecule has 5 heteroatoms. The highest BCUT2D eigenvalue weighted by Gasteiger charge is 2.15. The van der Waals surface area contributed by atoms with E-state index in [2.05, 4.69) is 34.2 Å². The van der Waals surface area contributed by atoms with Crippen molar-refractivity contribution in [3.05, 3.63) is 51.4 Å². The first kappa shape index (κ1) is 15.6. The smallest absolute Gasteiger partial charge is 0.341 e. The molecule has 0 saturated heterocycles. The zero-order valence-electron chi connectivity index (χ0n) is 12.3. The van der Waals surface area contributed by atoms with Crippen LogP contribution in [-0.4, -0.2) is 13.1 Å². The van der Waals surface area contributed by atoms with Crippen molar-refractivity contribution < 1.29 is 13.9 Å². The van der Waals surface area contributed by atoms with Crippen LogP contribution in [0.5, 0.6) is 0 Å². The summed E-state index contributed by atoms with van der Waals surface area (Å²) in [5, 5.41) is 3.34. The lowest BCUT2D eigenvalue weighted by molar-refractivity contribution is 0.0599. The predicted octanol–water partition coefficient (Wildman–Crippen LogP) is 4.31. The maximum Gasteiger partial charge on any atom is 0.341 e. The number of rotatable bonds is 5. The monoisotopic (exact) mass is 351 g/mol. The highest BCUT2D eigenvalue weighted by atomic mass is 79.9. The number of hydrogen-bond acceptors (Lipinski definition) is 4. The Morgan fingerprint density at radius 3 is 2.81 bits per heavy atom. The average molecular weight is 352 g/mol. The first-order chi connectivity index (χ1) is 10.0. The minimum absolute atomic E-state index is 0.375. The summed E-state index contributed by atoms with van der Waals surface area (Å²) in [4.78, 5) is 11.6. The van der Waals surface area contributed by atoms with Crippen LogP contribution in [0.2, 0.25) is 0 Å². The molecule has 4 nitrogen and oxygen atoms in total. The SMILES string of the molecule is CCc1cc(Br)ccc1NCc1cc(C(=O)OC)c(C)o1. The maximum atomic E-state index is 11.6. The Balaban J connectivity index is 2.12. The highest BCUT2D eigenvalue weighted by Crippen LogP contribution is 2.23. The van der Waals surface area contributed by atoms with Gasteiger partial charge in [-0.25, -0.2) is 4.79 Å². The summed E-state index contributed by atoms with van der Waals surface area (Å²) in [6, 6.07) is 7.84. The Labute approximate surface area is 132 Å². The Morgan fingerprint density at radius 1 is 1.38 bits per heavy atom. The van der Waals surface area contributed by atoms with Gasteiger partial charge in [-0.2, -0.15) is 0 Å². The third kappa shape index (κ3) is 3.67. The van der Waals surface area contributed by atoms with Gasteiger partial charge in [0, 0.05) is 10.2 Å². The summed E-state index contributed by atoms with van der Waals surface area (Å²) in [6.07, 6.45) is 0.937. The molecule has 2 rings (SSSR count). The fourth-order valence-corrected chi connectivity index (χ4v) is 2.56. The molecule has 1 N–H and O–H groups in total. The first-order valence-electron chi connectivity index (χ1n) is 6.75. The largest absolute Gasteiger partial charge is 0.465 e. The second-order valence-electron chi connectivity index (χ2n) is 4.68. The molecule has 0 atom stereocenters. The van der Waals surface area contributed by atoms with Gasteiger partial charge in [0.25, 0.3) is 0 Å². The van der Waals surface area contributed by atoms with Crippen LogP contribution in [0.25, 0.3) is 0 Å². The molecule has 0 spiro atoms. The molecule has 21 heavy (non-hydrogen) atoms. The molecule has 1 heterocycles. The first-order valence-corrected chi connectivity index (χ1v) is 7.54. The summed E-state index contributed by atoms with van der Waals surface area (Å²) in [5.41, 5.74) is 2.76. The number of carbonyl (C=O) groups is 1. The molecule has 0 fully saturated rings. The van der Waals surface area contributed by atoms with Crippen molar-refractivity contribution in [3.63, 3.8) is 0 Å². The molecule has 0 amide bonds. The van der Waals surface area contributed by atoms with Gasteiger partial charge in [-0.05, 0) is 43.2 Å². The van der Waals surface area contributed by atoms with Gasteiger partial charge in [0.2, 0.25) is 0 Å². The van der Waals surface area contributed by atoms with Crippen LogP contribution >= 0.6 is 15.9 Å². The zero-order chi connectivity index (χ0) is 15.4. The van der Waals surface area contributed by atoms with Crippen molar-refractivity contribution in [1.82, 2.24) is 0 Å². The van der Waals surface area contributed by atoms with Crippen LogP contribution in [0.4, 0.5) is 5.69 Å². The minimum Gasteiger partial charge on any atom is -0.465 e. The van der Waals surface area contributed by atoms with Crippen molar-refractivity contribution in [2.45, 2.75) is 26.8 Å². The maximum absolute atomic E-state index is 11.6. The number of esters is 1. The van der Waals surface area contributed by atoms with Crippen LogP contribution in [0.1, 0.15) is 34.4 Å². The van der Waals surface area contributed by atoms with E-state index in [1.165, 1.54) is 12.7 Å². The Kier molecular flexibility index (Phi) is 5.07. The Morgan fingerprint density at radius 2 is 2.14 bits per heavy atom. The molecule has 0 aliphatic carbocycles. The van der Waals surface area contributed by atoms with Crippen molar-refractivity contribution in [2.24, 2.45) is 0 Å². The second-order valence-corrected chi connectivity index (χ2v) is 5.60. The number of nitrogens with one attached hydrogen (secondary N) is 1. The number of ether oxygens (including phenoxy) is 1. The van der Waals surface area contributed by atoms with Gasteiger partial charge in [-0.1, -0.05) is 22.9 Å². The number of benzene rings is 1. The van der Waals surface area contributed by atoms with E-state index in [1.54, 1.807) is 13.0 Å². The highest BCUT2D eigenvalue weighted by molar-refractivity contribution is 9.10. The minimum atomic E-state index is -0.375. The summed E-state index contributed by atoms with van der Waals surface area (Å²) >= 11 is 3.47. The quantitative estimate of drug-likeness (QED) is 0.815. The molecule has 112 valence electrons. The lowest BCUT2D eigenvalue weighted by atomic mass is 10.1. The number of furan rings is 1. The number of carbonyl (C=O) groups excluding carboxylic acids is 1. The Bertz CT molecular complexity index is 649. The number of halogens is 1. The van der Waals surface area contributed by atoms with Gasteiger partial charge in [0.05, 0.1) is 13.7 Å². The van der Waals surface area contributed by atoms with Gasteiger partial charge >= 0.3 is 5.97 Å². The number of aryl methyl sites for hydroxylation is 2. The molecule has 0 saturated carbocycles. The number of anilines is 1. The molecule has 2 aromatic rings. The van der Waals surface area contributed by atoms with Crippen molar-refractivity contribution in [1.29, 1.82) is 0 Å². The van der Waals surface area contributed by atoms with Gasteiger partial charge < -0.3 is 14.5 Å². The van der Waals surface area contributed by atoms with Crippen molar-refractivity contribution in [2.75, 3.05) is 12.4 Å². The molecule has 1 aromatic carbocycles. The summed E-state index contributed by atoms with van der Waals surface area (Å²) in [7, 11) is 1.36. The standard InChI is InChI=1S/C16H18BrNO3/c1-4-11-7-12(17)5-6-15(11)18-9-13-8-14(10(2)21-13)16(19)20-3/h5-8,18H,4,9H2,1-3H3. The molecular formula is C16H18BrNO3. The molecular weight excluding hydrogens is 334 g/mol. The lowest BCUT2D eigenvalue weighted by Crippen LogP contribution is -2.02. The molecule has 0 aliphatic rings. The van der Waals surface area contributed by atoms with Gasteiger partial charge in [0.1, 0.15) is 17.1 Å². The van der Waals surface area contributed by atoms with Crippen LogP contribution < -0.4 is 5.32 Å². The van der Waals surface area contributed by atoms with E-state index in [1.807, 2.05) is 12.1 Å². The fraction of sp³-hybridized carbons (Fsp3) is 0.312. The van der Waals surface area contributed by atoms with Crippen LogP contribution in [0.15, 0.2) is 33.2 Å². The van der Waals surface area contributed by atoms with Crippen molar-refractivity contribution in [3.8, 4) is 0 Å². The second kappa shape index (κ2) is 6.80. The van der Waals surface area contributed by atoms with E-state index in [0.29, 0.717) is 23.6 Å². The van der Waals surface area contributed by atoms with Gasteiger partial charge in [-0.15, -0.1) is 0 Å². The van der Waals surface area contributed by atoms with E-state index in [4.69, 9.17) is 9.15 Å². The topological polar surface area (TPSA) is 51.5 Å². The number of methoxy groups -OCH3 is 1. The average Bonchev–Trinajstić information content (AvgIpc) is 2.86. The van der Waals surface area contributed by atoms with Crippen LogP contribution in [-0.2, 0) is 17.7 Å². The summed E-state index contributed by atoms with van der Waals surface area (Å²) in [6.45, 7) is 4.39. The molecule has 1 aromatic heterocycles. The van der Waals surface area contributed by atoms with Crippen molar-refractivity contribution >= 4 is 27.6 Å². The third-order valence-corrected chi connectivity index (χ3v) is 3.77.